The number of carbonyl (C=O) groups excluding carboxylic acids is 1. The molecule has 100 valence electrons. The van der Waals surface area contributed by atoms with Crippen molar-refractivity contribution < 1.29 is 13.2 Å². The van der Waals surface area contributed by atoms with E-state index in [1.165, 1.54) is 12.1 Å². The summed E-state index contributed by atoms with van der Waals surface area (Å²) in [5.41, 5.74) is 5.96. The lowest BCUT2D eigenvalue weighted by Crippen LogP contribution is -2.32. The summed E-state index contributed by atoms with van der Waals surface area (Å²) in [7, 11) is -3.21. The maximum absolute atomic E-state index is 11.8. The van der Waals surface area contributed by atoms with E-state index in [1.807, 2.05) is 13.8 Å². The molecule has 1 aromatic rings. The van der Waals surface area contributed by atoms with Gasteiger partial charge in [-0.3, -0.25) is 4.79 Å². The summed E-state index contributed by atoms with van der Waals surface area (Å²) in [6, 6.07) is 6.00. The van der Waals surface area contributed by atoms with Crippen LogP contribution in [-0.2, 0) is 9.84 Å². The lowest BCUT2D eigenvalue weighted by molar-refractivity contribution is 0.0972. The smallest absolute Gasteiger partial charge is 0.175 e. The predicted molar refractivity (Wildman–Crippen MR) is 71.4 cm³/mol. The third-order valence-corrected chi connectivity index (χ3v) is 3.73. The van der Waals surface area contributed by atoms with Crippen LogP contribution >= 0.6 is 0 Å². The highest BCUT2D eigenvalue weighted by Gasteiger charge is 2.15. The van der Waals surface area contributed by atoms with Crippen LogP contribution in [0.5, 0.6) is 0 Å². The molecule has 0 aromatic heterocycles. The molecule has 0 aliphatic heterocycles. The van der Waals surface area contributed by atoms with Gasteiger partial charge in [0, 0.05) is 23.8 Å². The van der Waals surface area contributed by atoms with Gasteiger partial charge in [0.05, 0.1) is 4.90 Å². The Balaban J connectivity index is 2.77. The first-order valence-corrected chi connectivity index (χ1v) is 7.61. The first-order valence-electron chi connectivity index (χ1n) is 5.72. The highest BCUT2D eigenvalue weighted by molar-refractivity contribution is 7.90. The van der Waals surface area contributed by atoms with Gasteiger partial charge in [0.15, 0.2) is 15.6 Å². The van der Waals surface area contributed by atoms with Crippen molar-refractivity contribution in [1.29, 1.82) is 0 Å². The molecule has 4 nitrogen and oxygen atoms in total. The molecule has 18 heavy (non-hydrogen) atoms. The molecule has 0 amide bonds. The van der Waals surface area contributed by atoms with Gasteiger partial charge in [-0.25, -0.2) is 8.42 Å². The zero-order valence-electron chi connectivity index (χ0n) is 10.9. The highest BCUT2D eigenvalue weighted by Crippen LogP contribution is 2.14. The van der Waals surface area contributed by atoms with Crippen LogP contribution in [0.2, 0.25) is 0 Å². The highest BCUT2D eigenvalue weighted by atomic mass is 32.2. The second kappa shape index (κ2) is 5.20. The molecular weight excluding hydrogens is 250 g/mol. The molecule has 0 aliphatic rings. The molecular formula is C13H19NO3S. The minimum absolute atomic E-state index is 0.0198. The number of hydrogen-bond acceptors (Lipinski definition) is 4. The van der Waals surface area contributed by atoms with Gasteiger partial charge in [-0.1, -0.05) is 12.1 Å². The van der Waals surface area contributed by atoms with Crippen LogP contribution in [0.15, 0.2) is 29.2 Å². The first kappa shape index (κ1) is 14.9. The zero-order chi connectivity index (χ0) is 14.0. The Bertz CT molecular complexity index is 524. The Morgan fingerprint density at radius 2 is 1.72 bits per heavy atom. The Labute approximate surface area is 108 Å². The van der Waals surface area contributed by atoms with Crippen LogP contribution in [0.1, 0.15) is 37.0 Å². The summed E-state index contributed by atoms with van der Waals surface area (Å²) in [5, 5.41) is 0. The molecule has 0 saturated heterocycles. The van der Waals surface area contributed by atoms with Gasteiger partial charge in [-0.2, -0.15) is 0 Å². The van der Waals surface area contributed by atoms with Crippen molar-refractivity contribution in [3.63, 3.8) is 0 Å². The molecule has 0 bridgehead atoms. The second-order valence-corrected chi connectivity index (χ2v) is 7.22. The fourth-order valence-corrected chi connectivity index (χ4v) is 2.10. The van der Waals surface area contributed by atoms with E-state index >= 15 is 0 Å². The van der Waals surface area contributed by atoms with Crippen LogP contribution < -0.4 is 5.73 Å². The molecule has 0 spiro atoms. The molecule has 1 aromatic carbocycles. The van der Waals surface area contributed by atoms with Crippen molar-refractivity contribution in [1.82, 2.24) is 0 Å². The summed E-state index contributed by atoms with van der Waals surface area (Å²) in [6.45, 7) is 3.74. The van der Waals surface area contributed by atoms with E-state index in [-0.39, 0.29) is 16.2 Å². The Kier molecular flexibility index (Phi) is 4.29. The van der Waals surface area contributed by atoms with Gasteiger partial charge >= 0.3 is 0 Å². The standard InChI is InChI=1S/C13H19NO3S/c1-13(2,14)9-8-12(15)10-4-6-11(7-5-10)18(3,16)17/h4-7H,8-9,14H2,1-3H3. The summed E-state index contributed by atoms with van der Waals surface area (Å²) in [5.74, 6) is -0.0198. The van der Waals surface area contributed by atoms with Crippen LogP contribution in [-0.4, -0.2) is 26.0 Å². The molecule has 0 saturated carbocycles. The van der Waals surface area contributed by atoms with E-state index in [0.717, 1.165) is 6.26 Å². The first-order chi connectivity index (χ1) is 8.09. The number of hydrogen-bond donors (Lipinski definition) is 1. The molecule has 0 heterocycles. The second-order valence-electron chi connectivity index (χ2n) is 5.21. The quantitative estimate of drug-likeness (QED) is 0.827. The SMILES string of the molecule is CC(C)(N)CCC(=O)c1ccc(S(C)(=O)=O)cc1. The van der Waals surface area contributed by atoms with E-state index in [2.05, 4.69) is 0 Å². The lowest BCUT2D eigenvalue weighted by Gasteiger charge is -2.17. The number of carbonyl (C=O) groups is 1. The molecule has 5 heteroatoms. The molecule has 0 radical (unpaired) electrons. The lowest BCUT2D eigenvalue weighted by atomic mass is 9.96. The monoisotopic (exact) mass is 269 g/mol. The maximum Gasteiger partial charge on any atom is 0.175 e. The van der Waals surface area contributed by atoms with E-state index in [1.54, 1.807) is 12.1 Å². The van der Waals surface area contributed by atoms with Crippen molar-refractivity contribution in [3.05, 3.63) is 29.8 Å². The largest absolute Gasteiger partial charge is 0.326 e. The average Bonchev–Trinajstić information content (AvgIpc) is 2.24. The molecule has 0 atom stereocenters. The Hall–Kier alpha value is -1.20. The minimum Gasteiger partial charge on any atom is -0.326 e. The van der Waals surface area contributed by atoms with Crippen molar-refractivity contribution in [2.45, 2.75) is 37.1 Å². The third kappa shape index (κ3) is 4.58. The Morgan fingerprint density at radius 1 is 1.22 bits per heavy atom. The van der Waals surface area contributed by atoms with Gasteiger partial charge in [0.25, 0.3) is 0 Å². The van der Waals surface area contributed by atoms with E-state index in [0.29, 0.717) is 18.4 Å². The average molecular weight is 269 g/mol. The summed E-state index contributed by atoms with van der Waals surface area (Å²) < 4.78 is 22.5. The molecule has 0 aliphatic carbocycles. The predicted octanol–water partition coefficient (Wildman–Crippen LogP) is 1.79. The van der Waals surface area contributed by atoms with Gasteiger partial charge < -0.3 is 5.73 Å². The maximum atomic E-state index is 11.8. The van der Waals surface area contributed by atoms with E-state index in [4.69, 9.17) is 5.73 Å². The molecule has 1 rings (SSSR count). The van der Waals surface area contributed by atoms with E-state index in [9.17, 15) is 13.2 Å². The zero-order valence-corrected chi connectivity index (χ0v) is 11.8. The fourth-order valence-electron chi connectivity index (χ4n) is 1.47. The number of benzene rings is 1. The van der Waals surface area contributed by atoms with Gasteiger partial charge in [-0.15, -0.1) is 0 Å². The molecule has 2 N–H and O–H groups in total. The number of nitrogens with two attached hydrogens (primary N) is 1. The van der Waals surface area contributed by atoms with Crippen molar-refractivity contribution in [3.8, 4) is 0 Å². The van der Waals surface area contributed by atoms with Crippen molar-refractivity contribution in [2.24, 2.45) is 5.73 Å². The Morgan fingerprint density at radius 3 is 2.11 bits per heavy atom. The number of Topliss-reactive ketones (excluding diaryl/α,β-unsaturated/α-hetero) is 1. The van der Waals surface area contributed by atoms with Gasteiger partial charge in [0.2, 0.25) is 0 Å². The minimum atomic E-state index is -3.21. The fraction of sp³-hybridized carbons (Fsp3) is 0.462. The van der Waals surface area contributed by atoms with Gasteiger partial charge in [0.1, 0.15) is 0 Å². The van der Waals surface area contributed by atoms with Crippen LogP contribution in [0.25, 0.3) is 0 Å². The third-order valence-electron chi connectivity index (χ3n) is 2.60. The topological polar surface area (TPSA) is 77.2 Å². The van der Waals surface area contributed by atoms with E-state index < -0.39 is 9.84 Å². The number of ketones is 1. The van der Waals surface area contributed by atoms with Crippen LogP contribution in [0.4, 0.5) is 0 Å². The summed E-state index contributed by atoms with van der Waals surface area (Å²) in [6.07, 6.45) is 2.10. The molecule has 0 unspecified atom stereocenters. The summed E-state index contributed by atoms with van der Waals surface area (Å²) in [4.78, 5) is 12.1. The normalized spacial score (nSPS) is 12.4. The van der Waals surface area contributed by atoms with Crippen LogP contribution in [0, 0.1) is 0 Å². The molecule has 0 fully saturated rings. The van der Waals surface area contributed by atoms with Gasteiger partial charge in [-0.05, 0) is 32.4 Å². The number of rotatable bonds is 5. The van der Waals surface area contributed by atoms with Crippen molar-refractivity contribution in [2.75, 3.05) is 6.26 Å². The summed E-state index contributed by atoms with van der Waals surface area (Å²) >= 11 is 0. The number of sulfone groups is 1. The van der Waals surface area contributed by atoms with Crippen LogP contribution in [0.3, 0.4) is 0 Å². The van der Waals surface area contributed by atoms with Crippen molar-refractivity contribution >= 4 is 15.6 Å².